The molecule has 1 rings (SSSR count). The van der Waals surface area contributed by atoms with Gasteiger partial charge in [-0.2, -0.15) is 5.10 Å². The highest BCUT2D eigenvalue weighted by Gasteiger charge is 2.20. The zero-order valence-corrected chi connectivity index (χ0v) is 19.3. The fourth-order valence-electron chi connectivity index (χ4n) is 3.07. The van der Waals surface area contributed by atoms with Crippen LogP contribution in [0.4, 0.5) is 0 Å². The van der Waals surface area contributed by atoms with Crippen molar-refractivity contribution in [2.45, 2.75) is 59.1 Å². The molecule has 0 aliphatic carbocycles. The minimum absolute atomic E-state index is 0.305. The van der Waals surface area contributed by atoms with Crippen LogP contribution >= 0.6 is 0 Å². The van der Waals surface area contributed by atoms with Crippen molar-refractivity contribution in [3.05, 3.63) is 47.6 Å². The van der Waals surface area contributed by atoms with Crippen molar-refractivity contribution in [1.29, 1.82) is 0 Å². The van der Waals surface area contributed by atoms with E-state index in [0.717, 1.165) is 36.2 Å². The first-order valence-corrected chi connectivity index (χ1v) is 10.6. The van der Waals surface area contributed by atoms with Crippen molar-refractivity contribution >= 4 is 18.1 Å². The van der Waals surface area contributed by atoms with E-state index >= 15 is 0 Å². The van der Waals surface area contributed by atoms with Crippen LogP contribution < -0.4 is 5.73 Å². The van der Waals surface area contributed by atoms with Gasteiger partial charge in [0.05, 0.1) is 36.0 Å². The predicted octanol–water partition coefficient (Wildman–Crippen LogP) is 3.46. The SMILES string of the molecule is C=C(/C=N\N(C)C(CC)CC)C1=NC(C(C=NC[C@@H](C)O)=CN)=CN(C)/C1=C\CC. The van der Waals surface area contributed by atoms with Crippen LogP contribution in [-0.2, 0) is 0 Å². The van der Waals surface area contributed by atoms with Crippen molar-refractivity contribution in [3.63, 3.8) is 0 Å². The topological polar surface area (TPSA) is 89.8 Å². The summed E-state index contributed by atoms with van der Waals surface area (Å²) < 4.78 is 0. The van der Waals surface area contributed by atoms with E-state index in [1.807, 2.05) is 30.2 Å². The molecular weight excluding hydrogens is 376 g/mol. The molecule has 0 radical (unpaired) electrons. The normalized spacial score (nSPS) is 17.8. The van der Waals surface area contributed by atoms with Gasteiger partial charge in [0, 0.05) is 49.9 Å². The van der Waals surface area contributed by atoms with E-state index in [9.17, 15) is 5.11 Å². The molecule has 1 heterocycles. The number of hydrazone groups is 1. The lowest BCUT2D eigenvalue weighted by Crippen LogP contribution is -2.27. The van der Waals surface area contributed by atoms with Crippen LogP contribution in [0.15, 0.2) is 62.7 Å². The Kier molecular flexibility index (Phi) is 10.8. The lowest BCUT2D eigenvalue weighted by Gasteiger charge is -2.27. The molecule has 0 fully saturated rings. The average molecular weight is 415 g/mol. The Balaban J connectivity index is 3.23. The van der Waals surface area contributed by atoms with E-state index in [1.54, 1.807) is 19.4 Å². The van der Waals surface area contributed by atoms with Gasteiger partial charge in [-0.25, -0.2) is 4.99 Å². The van der Waals surface area contributed by atoms with Crippen molar-refractivity contribution in [3.8, 4) is 0 Å². The molecule has 0 saturated heterocycles. The van der Waals surface area contributed by atoms with Crippen molar-refractivity contribution in [2.75, 3.05) is 20.6 Å². The van der Waals surface area contributed by atoms with E-state index in [1.165, 1.54) is 6.20 Å². The quantitative estimate of drug-likeness (QED) is 0.400. The van der Waals surface area contributed by atoms with Gasteiger partial charge in [0.15, 0.2) is 0 Å². The Morgan fingerprint density at radius 1 is 1.33 bits per heavy atom. The van der Waals surface area contributed by atoms with E-state index in [2.05, 4.69) is 43.5 Å². The summed E-state index contributed by atoms with van der Waals surface area (Å²) in [5.41, 5.74) is 9.63. The lowest BCUT2D eigenvalue weighted by molar-refractivity contribution is 0.204. The van der Waals surface area contributed by atoms with Gasteiger partial charge in [0.1, 0.15) is 0 Å². The summed E-state index contributed by atoms with van der Waals surface area (Å²) in [6.45, 7) is 12.6. The Morgan fingerprint density at radius 3 is 2.53 bits per heavy atom. The van der Waals surface area contributed by atoms with Crippen LogP contribution in [0.1, 0.15) is 47.0 Å². The summed E-state index contributed by atoms with van der Waals surface area (Å²) in [5.74, 6) is 0. The third kappa shape index (κ3) is 7.30. The maximum absolute atomic E-state index is 9.43. The maximum Gasteiger partial charge on any atom is 0.0953 e. The minimum atomic E-state index is -0.510. The Morgan fingerprint density at radius 2 is 2.00 bits per heavy atom. The third-order valence-corrected chi connectivity index (χ3v) is 4.81. The van der Waals surface area contributed by atoms with Crippen LogP contribution in [0.5, 0.6) is 0 Å². The Hall–Kier alpha value is -2.67. The van der Waals surface area contributed by atoms with Gasteiger partial charge in [-0.05, 0) is 26.2 Å². The predicted molar refractivity (Wildman–Crippen MR) is 129 cm³/mol. The van der Waals surface area contributed by atoms with Gasteiger partial charge in [-0.15, -0.1) is 0 Å². The van der Waals surface area contributed by atoms with Crippen LogP contribution in [0.25, 0.3) is 0 Å². The second-order valence-electron chi connectivity index (χ2n) is 7.36. The van der Waals surface area contributed by atoms with Crippen molar-refractivity contribution < 1.29 is 5.11 Å². The first kappa shape index (κ1) is 25.4. The highest BCUT2D eigenvalue weighted by molar-refractivity contribution is 6.24. The molecule has 7 nitrogen and oxygen atoms in total. The van der Waals surface area contributed by atoms with Gasteiger partial charge in [0.2, 0.25) is 0 Å². The summed E-state index contributed by atoms with van der Waals surface area (Å²) in [4.78, 5) is 11.1. The zero-order valence-electron chi connectivity index (χ0n) is 19.3. The number of hydrogen-bond acceptors (Lipinski definition) is 7. The molecule has 166 valence electrons. The Labute approximate surface area is 181 Å². The fourth-order valence-corrected chi connectivity index (χ4v) is 3.07. The number of hydrogen-bond donors (Lipinski definition) is 2. The molecular formula is C23H38N6O. The summed E-state index contributed by atoms with van der Waals surface area (Å²) in [6.07, 6.45) is 11.3. The molecule has 0 aromatic carbocycles. The molecule has 0 saturated carbocycles. The minimum Gasteiger partial charge on any atom is -0.404 e. The molecule has 1 aliphatic heterocycles. The number of rotatable bonds is 11. The number of aliphatic hydroxyl groups excluding tert-OH is 1. The summed E-state index contributed by atoms with van der Waals surface area (Å²) >= 11 is 0. The summed E-state index contributed by atoms with van der Waals surface area (Å²) in [6, 6.07) is 0.392. The number of nitrogens with two attached hydrogens (primary N) is 1. The summed E-state index contributed by atoms with van der Waals surface area (Å²) in [7, 11) is 3.95. The number of nitrogens with zero attached hydrogens (tertiary/aromatic N) is 5. The van der Waals surface area contributed by atoms with E-state index in [4.69, 9.17) is 10.7 Å². The van der Waals surface area contributed by atoms with Crippen LogP contribution in [0.2, 0.25) is 0 Å². The van der Waals surface area contributed by atoms with Crippen LogP contribution in [-0.4, -0.2) is 65.9 Å². The molecule has 0 spiro atoms. The van der Waals surface area contributed by atoms with Gasteiger partial charge >= 0.3 is 0 Å². The molecule has 3 N–H and O–H groups in total. The van der Waals surface area contributed by atoms with E-state index < -0.39 is 6.10 Å². The molecule has 0 amide bonds. The lowest BCUT2D eigenvalue weighted by atomic mass is 10.1. The summed E-state index contributed by atoms with van der Waals surface area (Å²) in [5, 5.41) is 16.0. The number of allylic oxidation sites excluding steroid dienone is 3. The van der Waals surface area contributed by atoms with Gasteiger partial charge in [-0.3, -0.25) is 10.0 Å². The fraction of sp³-hybridized carbons (Fsp3) is 0.522. The molecule has 0 bridgehead atoms. The zero-order chi connectivity index (χ0) is 22.7. The van der Waals surface area contributed by atoms with Crippen LogP contribution in [0, 0.1) is 0 Å². The second-order valence-corrected chi connectivity index (χ2v) is 7.36. The molecule has 0 aromatic rings. The molecule has 30 heavy (non-hydrogen) atoms. The largest absolute Gasteiger partial charge is 0.404 e. The monoisotopic (exact) mass is 414 g/mol. The van der Waals surface area contributed by atoms with Crippen LogP contribution in [0.3, 0.4) is 0 Å². The first-order chi connectivity index (χ1) is 14.3. The maximum atomic E-state index is 9.43. The second kappa shape index (κ2) is 12.8. The smallest absolute Gasteiger partial charge is 0.0953 e. The van der Waals surface area contributed by atoms with Gasteiger partial charge in [0.25, 0.3) is 0 Å². The third-order valence-electron chi connectivity index (χ3n) is 4.81. The highest BCUT2D eigenvalue weighted by atomic mass is 16.3. The highest BCUT2D eigenvalue weighted by Crippen LogP contribution is 2.23. The molecule has 0 aromatic heterocycles. The average Bonchev–Trinajstić information content (AvgIpc) is 2.71. The van der Waals surface area contributed by atoms with E-state index in [0.29, 0.717) is 23.9 Å². The molecule has 1 aliphatic rings. The number of aliphatic imine (C=N–C) groups is 2. The Bertz CT molecular complexity index is 754. The van der Waals surface area contributed by atoms with Gasteiger partial charge in [-0.1, -0.05) is 33.4 Å². The van der Waals surface area contributed by atoms with Crippen molar-refractivity contribution in [2.24, 2.45) is 20.8 Å². The standard InChI is InChI=1S/C23H38N6O/c1-8-11-22-23(17(4)13-26-29(7)20(9-2)10-3)27-21(16-28(22)6)19(12-24)15-25-14-18(5)30/h11-13,15-16,18,20,30H,4,8-10,14,24H2,1-3,5-7H3/b19-12?,22-11-,25-15?,26-13-/t18-/m1/s1. The van der Waals surface area contributed by atoms with E-state index in [-0.39, 0.29) is 0 Å². The molecule has 0 unspecified atom stereocenters. The molecule has 7 heteroatoms. The number of aliphatic hydroxyl groups is 1. The molecule has 1 atom stereocenters. The first-order valence-electron chi connectivity index (χ1n) is 10.6. The van der Waals surface area contributed by atoms with Gasteiger partial charge < -0.3 is 15.7 Å². The van der Waals surface area contributed by atoms with Crippen molar-refractivity contribution in [1.82, 2.24) is 9.91 Å².